The molecule has 0 aliphatic heterocycles. The van der Waals surface area contributed by atoms with Gasteiger partial charge in [0.2, 0.25) is 5.76 Å². The zero-order valence-corrected chi connectivity index (χ0v) is 9.84. The smallest absolute Gasteiger partial charge is 0.374 e. The molecule has 1 aromatic rings. The van der Waals surface area contributed by atoms with Crippen molar-refractivity contribution in [3.8, 4) is 0 Å². The van der Waals surface area contributed by atoms with Gasteiger partial charge in [-0.15, -0.1) is 0 Å². The number of hydrogen-bond donors (Lipinski definition) is 2. The molecule has 1 heterocycles. The van der Waals surface area contributed by atoms with E-state index < -0.39 is 5.97 Å². The molecular formula is C9H13N3O3S. The van der Waals surface area contributed by atoms with Gasteiger partial charge in [0.05, 0.1) is 12.9 Å². The number of nitrogens with zero attached hydrogens (tertiary/aromatic N) is 1. The largest absolute Gasteiger partial charge is 0.463 e. The molecule has 0 aliphatic rings. The molecule has 0 fully saturated rings. The van der Waals surface area contributed by atoms with Crippen molar-refractivity contribution in [3.63, 3.8) is 0 Å². The Bertz CT molecular complexity index is 414. The summed E-state index contributed by atoms with van der Waals surface area (Å²) < 4.78 is 9.88. The van der Waals surface area contributed by atoms with Crippen LogP contribution in [0.1, 0.15) is 21.9 Å². The highest BCUT2D eigenvalue weighted by Gasteiger charge is 2.16. The van der Waals surface area contributed by atoms with Gasteiger partial charge in [-0.3, -0.25) is 0 Å². The predicted octanol–water partition coefficient (Wildman–Crippen LogP) is 0.796. The average molecular weight is 243 g/mol. The molecule has 0 unspecified atom stereocenters. The summed E-state index contributed by atoms with van der Waals surface area (Å²) in [5.74, 6) is 5.78. The standard InChI is InChI=1S/C9H13N3O3S/c1-5-3-6(4-16-9(10)12-11)15-7(5)8(13)14-2/h3H,4,11H2,1-2H3,(H2,10,12). The summed E-state index contributed by atoms with van der Waals surface area (Å²) in [6.07, 6.45) is 0. The first-order valence-corrected chi connectivity index (χ1v) is 5.40. The highest BCUT2D eigenvalue weighted by molar-refractivity contribution is 8.13. The molecule has 0 aromatic carbocycles. The van der Waals surface area contributed by atoms with Crippen molar-refractivity contribution in [2.45, 2.75) is 12.7 Å². The number of carbonyl (C=O) groups excluding carboxylic acids is 1. The van der Waals surface area contributed by atoms with Crippen molar-refractivity contribution in [1.82, 2.24) is 0 Å². The van der Waals surface area contributed by atoms with Crippen molar-refractivity contribution in [1.29, 1.82) is 0 Å². The number of rotatable bonds is 3. The van der Waals surface area contributed by atoms with Crippen LogP contribution in [0, 0.1) is 6.92 Å². The summed E-state index contributed by atoms with van der Waals surface area (Å²) in [7, 11) is 1.30. The minimum absolute atomic E-state index is 0.210. The fraction of sp³-hybridized carbons (Fsp3) is 0.333. The van der Waals surface area contributed by atoms with E-state index in [1.807, 2.05) is 0 Å². The fourth-order valence-electron chi connectivity index (χ4n) is 1.10. The van der Waals surface area contributed by atoms with E-state index in [2.05, 4.69) is 9.84 Å². The lowest BCUT2D eigenvalue weighted by molar-refractivity contribution is 0.0562. The van der Waals surface area contributed by atoms with Crippen molar-refractivity contribution < 1.29 is 13.9 Å². The summed E-state index contributed by atoms with van der Waals surface area (Å²) >= 11 is 1.23. The Hall–Kier alpha value is -1.63. The van der Waals surface area contributed by atoms with Gasteiger partial charge < -0.3 is 20.7 Å². The minimum Gasteiger partial charge on any atom is -0.463 e. The minimum atomic E-state index is -0.491. The van der Waals surface area contributed by atoms with Crippen LogP contribution < -0.4 is 11.6 Å². The van der Waals surface area contributed by atoms with Gasteiger partial charge in [0.25, 0.3) is 0 Å². The number of esters is 1. The van der Waals surface area contributed by atoms with E-state index in [-0.39, 0.29) is 10.9 Å². The molecule has 16 heavy (non-hydrogen) atoms. The Morgan fingerprint density at radius 3 is 2.94 bits per heavy atom. The zero-order valence-electron chi connectivity index (χ0n) is 9.02. The van der Waals surface area contributed by atoms with E-state index in [0.29, 0.717) is 11.5 Å². The maximum absolute atomic E-state index is 11.3. The first-order valence-electron chi connectivity index (χ1n) is 4.42. The number of thioether (sulfide) groups is 1. The summed E-state index contributed by atoms with van der Waals surface area (Å²) in [6, 6.07) is 1.75. The SMILES string of the molecule is COC(=O)c1oc(CSC(N)=NN)cc1C. The summed E-state index contributed by atoms with van der Waals surface area (Å²) in [4.78, 5) is 11.3. The molecular weight excluding hydrogens is 230 g/mol. The van der Waals surface area contributed by atoms with Gasteiger partial charge in [0.1, 0.15) is 5.76 Å². The zero-order chi connectivity index (χ0) is 12.1. The highest BCUT2D eigenvalue weighted by atomic mass is 32.2. The van der Waals surface area contributed by atoms with E-state index in [4.69, 9.17) is 16.0 Å². The lowest BCUT2D eigenvalue weighted by atomic mass is 10.3. The Balaban J connectivity index is 2.73. The van der Waals surface area contributed by atoms with Crippen LogP contribution in [0.2, 0.25) is 0 Å². The van der Waals surface area contributed by atoms with E-state index in [9.17, 15) is 4.79 Å². The Morgan fingerprint density at radius 2 is 2.38 bits per heavy atom. The summed E-state index contributed by atoms with van der Waals surface area (Å²) in [5, 5.41) is 3.57. The van der Waals surface area contributed by atoms with Crippen molar-refractivity contribution in [2.75, 3.05) is 7.11 Å². The molecule has 6 nitrogen and oxygen atoms in total. The fourth-order valence-corrected chi connectivity index (χ4v) is 1.60. The normalized spacial score (nSPS) is 11.5. The van der Waals surface area contributed by atoms with Crippen LogP contribution in [0.3, 0.4) is 0 Å². The average Bonchev–Trinajstić information content (AvgIpc) is 2.66. The third-order valence-corrected chi connectivity index (χ3v) is 2.66. The van der Waals surface area contributed by atoms with E-state index in [1.54, 1.807) is 13.0 Å². The molecule has 88 valence electrons. The molecule has 0 amide bonds. The predicted molar refractivity (Wildman–Crippen MR) is 61.9 cm³/mol. The molecule has 0 atom stereocenters. The summed E-state index contributed by atoms with van der Waals surface area (Å²) in [6.45, 7) is 1.77. The van der Waals surface area contributed by atoms with E-state index >= 15 is 0 Å². The summed E-state index contributed by atoms with van der Waals surface area (Å²) in [5.41, 5.74) is 6.13. The number of nitrogens with two attached hydrogens (primary N) is 2. The lowest BCUT2D eigenvalue weighted by Gasteiger charge is -1.96. The molecule has 0 saturated carbocycles. The maximum Gasteiger partial charge on any atom is 0.374 e. The van der Waals surface area contributed by atoms with Crippen LogP contribution in [0.15, 0.2) is 15.6 Å². The van der Waals surface area contributed by atoms with E-state index in [1.165, 1.54) is 18.9 Å². The van der Waals surface area contributed by atoms with Crippen molar-refractivity contribution >= 4 is 22.9 Å². The number of hydrazone groups is 1. The first kappa shape index (κ1) is 12.4. The number of carbonyl (C=O) groups is 1. The van der Waals surface area contributed by atoms with Crippen molar-refractivity contribution in [3.05, 3.63) is 23.2 Å². The lowest BCUT2D eigenvalue weighted by Crippen LogP contribution is -2.09. The second-order valence-electron chi connectivity index (χ2n) is 2.97. The quantitative estimate of drug-likeness (QED) is 0.267. The molecule has 0 aliphatic carbocycles. The van der Waals surface area contributed by atoms with E-state index in [0.717, 1.165) is 5.56 Å². The number of ether oxygens (including phenoxy) is 1. The topological polar surface area (TPSA) is 104 Å². The maximum atomic E-state index is 11.3. The number of hydrogen-bond acceptors (Lipinski definition) is 6. The molecule has 0 saturated heterocycles. The van der Waals surface area contributed by atoms with Crippen molar-refractivity contribution in [2.24, 2.45) is 16.7 Å². The second kappa shape index (κ2) is 5.45. The Kier molecular flexibility index (Phi) is 4.24. The van der Waals surface area contributed by atoms with Gasteiger partial charge in [-0.1, -0.05) is 11.8 Å². The van der Waals surface area contributed by atoms with Gasteiger partial charge in [-0.25, -0.2) is 4.79 Å². The van der Waals surface area contributed by atoms with Gasteiger partial charge in [-0.2, -0.15) is 5.10 Å². The van der Waals surface area contributed by atoms with Gasteiger partial charge >= 0.3 is 5.97 Å². The number of amidine groups is 1. The number of methoxy groups -OCH3 is 1. The van der Waals surface area contributed by atoms with Crippen LogP contribution in [-0.4, -0.2) is 18.2 Å². The van der Waals surface area contributed by atoms with Crippen LogP contribution in [-0.2, 0) is 10.5 Å². The van der Waals surface area contributed by atoms with Gasteiger partial charge in [0, 0.05) is 5.56 Å². The number of furan rings is 1. The van der Waals surface area contributed by atoms with Gasteiger partial charge in [0.15, 0.2) is 5.17 Å². The highest BCUT2D eigenvalue weighted by Crippen LogP contribution is 2.19. The van der Waals surface area contributed by atoms with Crippen LogP contribution >= 0.6 is 11.8 Å². The monoisotopic (exact) mass is 243 g/mol. The molecule has 0 bridgehead atoms. The Morgan fingerprint density at radius 1 is 1.69 bits per heavy atom. The van der Waals surface area contributed by atoms with Gasteiger partial charge in [-0.05, 0) is 13.0 Å². The molecule has 0 radical (unpaired) electrons. The van der Waals surface area contributed by atoms with Crippen LogP contribution in [0.25, 0.3) is 0 Å². The first-order chi connectivity index (χ1) is 7.58. The van der Waals surface area contributed by atoms with Crippen LogP contribution in [0.5, 0.6) is 0 Å². The molecule has 1 rings (SSSR count). The third kappa shape index (κ3) is 2.93. The molecule has 7 heteroatoms. The Labute approximate surface area is 97.0 Å². The molecule has 4 N–H and O–H groups in total. The molecule has 0 spiro atoms. The second-order valence-corrected chi connectivity index (χ2v) is 3.97. The number of aryl methyl sites for hydroxylation is 1. The molecule has 1 aromatic heterocycles. The van der Waals surface area contributed by atoms with Crippen LogP contribution in [0.4, 0.5) is 0 Å². The third-order valence-electron chi connectivity index (χ3n) is 1.83.